The summed E-state index contributed by atoms with van der Waals surface area (Å²) in [5.41, 5.74) is 0. The second kappa shape index (κ2) is 6.99. The topological polar surface area (TPSA) is 24.1 Å². The van der Waals surface area contributed by atoms with Gasteiger partial charge in [-0.3, -0.25) is 0 Å². The maximum absolute atomic E-state index is 3.52. The van der Waals surface area contributed by atoms with E-state index in [1.54, 1.807) is 0 Å². The molecule has 0 radical (unpaired) electrons. The summed E-state index contributed by atoms with van der Waals surface area (Å²) in [5.74, 6) is 1.45. The van der Waals surface area contributed by atoms with Gasteiger partial charge >= 0.3 is 0 Å². The molecule has 0 aromatic carbocycles. The van der Waals surface area contributed by atoms with E-state index in [9.17, 15) is 0 Å². The Hall–Kier alpha value is -0.380. The summed E-state index contributed by atoms with van der Waals surface area (Å²) in [6.45, 7) is 7.76. The number of thiophene rings is 1. The molecule has 86 valence electrons. The van der Waals surface area contributed by atoms with Crippen molar-refractivity contribution in [2.75, 3.05) is 20.1 Å². The maximum atomic E-state index is 3.52. The van der Waals surface area contributed by atoms with Gasteiger partial charge in [0, 0.05) is 11.4 Å². The molecule has 0 spiro atoms. The van der Waals surface area contributed by atoms with E-state index in [4.69, 9.17) is 0 Å². The van der Waals surface area contributed by atoms with Crippen LogP contribution in [0.4, 0.5) is 0 Å². The molecular weight excluding hydrogens is 204 g/mol. The van der Waals surface area contributed by atoms with E-state index in [0.717, 1.165) is 31.5 Å². The zero-order valence-corrected chi connectivity index (χ0v) is 10.7. The minimum absolute atomic E-state index is 0.718. The SMILES string of the molecule is CNCC(CNCc1cccs1)C(C)C. The second-order valence-corrected chi connectivity index (χ2v) is 5.30. The molecule has 0 fully saturated rings. The van der Waals surface area contributed by atoms with Gasteiger partial charge in [-0.05, 0) is 43.4 Å². The fourth-order valence-corrected chi connectivity index (χ4v) is 2.27. The Morgan fingerprint density at radius 2 is 2.13 bits per heavy atom. The van der Waals surface area contributed by atoms with Crippen molar-refractivity contribution in [2.45, 2.75) is 20.4 Å². The van der Waals surface area contributed by atoms with Crippen molar-refractivity contribution in [1.82, 2.24) is 10.6 Å². The van der Waals surface area contributed by atoms with Crippen LogP contribution in [-0.4, -0.2) is 20.1 Å². The third-order valence-electron chi connectivity index (χ3n) is 2.69. The third kappa shape index (κ3) is 4.78. The Labute approximate surface area is 97.1 Å². The van der Waals surface area contributed by atoms with Gasteiger partial charge in [-0.15, -0.1) is 11.3 Å². The summed E-state index contributed by atoms with van der Waals surface area (Å²) in [4.78, 5) is 1.42. The molecule has 0 saturated heterocycles. The Balaban J connectivity index is 2.22. The summed E-state index contributed by atoms with van der Waals surface area (Å²) in [5, 5.41) is 8.91. The quantitative estimate of drug-likeness (QED) is 0.745. The standard InChI is InChI=1S/C12H22N2S/c1-10(2)11(7-13-3)8-14-9-12-5-4-6-15-12/h4-6,10-11,13-14H,7-9H2,1-3H3. The van der Waals surface area contributed by atoms with Crippen LogP contribution in [0.5, 0.6) is 0 Å². The molecule has 0 aliphatic rings. The fourth-order valence-electron chi connectivity index (χ4n) is 1.60. The summed E-state index contributed by atoms with van der Waals surface area (Å²) in [7, 11) is 2.02. The Bertz CT molecular complexity index is 244. The monoisotopic (exact) mass is 226 g/mol. The molecule has 1 aromatic heterocycles. The third-order valence-corrected chi connectivity index (χ3v) is 3.57. The highest BCUT2D eigenvalue weighted by Gasteiger charge is 2.11. The highest BCUT2D eigenvalue weighted by molar-refractivity contribution is 7.09. The lowest BCUT2D eigenvalue weighted by Crippen LogP contribution is -2.32. The van der Waals surface area contributed by atoms with E-state index < -0.39 is 0 Å². The van der Waals surface area contributed by atoms with E-state index in [1.807, 2.05) is 18.4 Å². The van der Waals surface area contributed by atoms with Crippen LogP contribution in [0.3, 0.4) is 0 Å². The first-order valence-electron chi connectivity index (χ1n) is 5.61. The van der Waals surface area contributed by atoms with E-state index in [0.29, 0.717) is 0 Å². The molecule has 3 heteroatoms. The van der Waals surface area contributed by atoms with Crippen LogP contribution < -0.4 is 10.6 Å². The maximum Gasteiger partial charge on any atom is 0.0299 e. The minimum atomic E-state index is 0.718. The molecule has 0 amide bonds. The van der Waals surface area contributed by atoms with Gasteiger partial charge in [0.15, 0.2) is 0 Å². The molecule has 15 heavy (non-hydrogen) atoms. The van der Waals surface area contributed by atoms with Crippen molar-refractivity contribution in [2.24, 2.45) is 11.8 Å². The number of hydrogen-bond donors (Lipinski definition) is 2. The zero-order chi connectivity index (χ0) is 11.1. The predicted octanol–water partition coefficient (Wildman–Crippen LogP) is 2.33. The van der Waals surface area contributed by atoms with Gasteiger partial charge in [-0.1, -0.05) is 19.9 Å². The fraction of sp³-hybridized carbons (Fsp3) is 0.667. The molecule has 1 rings (SSSR count). The minimum Gasteiger partial charge on any atom is -0.319 e. The Kier molecular flexibility index (Phi) is 5.91. The van der Waals surface area contributed by atoms with Gasteiger partial charge < -0.3 is 10.6 Å². The van der Waals surface area contributed by atoms with Gasteiger partial charge in [0.2, 0.25) is 0 Å². The molecular formula is C12H22N2S. The van der Waals surface area contributed by atoms with Gasteiger partial charge in [0.1, 0.15) is 0 Å². The Morgan fingerprint density at radius 3 is 2.67 bits per heavy atom. The van der Waals surface area contributed by atoms with Crippen molar-refractivity contribution in [3.05, 3.63) is 22.4 Å². The smallest absolute Gasteiger partial charge is 0.0299 e. The normalized spacial score (nSPS) is 13.3. The molecule has 1 atom stereocenters. The highest BCUT2D eigenvalue weighted by Crippen LogP contribution is 2.10. The number of rotatable bonds is 7. The summed E-state index contributed by atoms with van der Waals surface area (Å²) < 4.78 is 0. The van der Waals surface area contributed by atoms with E-state index in [1.165, 1.54) is 4.88 Å². The van der Waals surface area contributed by atoms with Crippen LogP contribution in [0.25, 0.3) is 0 Å². The van der Waals surface area contributed by atoms with Gasteiger partial charge in [-0.25, -0.2) is 0 Å². The van der Waals surface area contributed by atoms with Crippen molar-refractivity contribution in [3.8, 4) is 0 Å². The van der Waals surface area contributed by atoms with Crippen molar-refractivity contribution in [3.63, 3.8) is 0 Å². The molecule has 0 aliphatic heterocycles. The molecule has 1 aromatic rings. The highest BCUT2D eigenvalue weighted by atomic mass is 32.1. The molecule has 2 nitrogen and oxygen atoms in total. The van der Waals surface area contributed by atoms with Crippen LogP contribution in [0.2, 0.25) is 0 Å². The summed E-state index contributed by atoms with van der Waals surface area (Å²) >= 11 is 1.82. The van der Waals surface area contributed by atoms with E-state index >= 15 is 0 Å². The van der Waals surface area contributed by atoms with Crippen molar-refractivity contribution in [1.29, 1.82) is 0 Å². The largest absolute Gasteiger partial charge is 0.319 e. The predicted molar refractivity (Wildman–Crippen MR) is 68.3 cm³/mol. The average molecular weight is 226 g/mol. The summed E-state index contributed by atoms with van der Waals surface area (Å²) in [6, 6.07) is 4.29. The van der Waals surface area contributed by atoms with Crippen LogP contribution >= 0.6 is 11.3 Å². The number of hydrogen-bond acceptors (Lipinski definition) is 3. The molecule has 2 N–H and O–H groups in total. The van der Waals surface area contributed by atoms with Crippen molar-refractivity contribution < 1.29 is 0 Å². The Morgan fingerprint density at radius 1 is 1.33 bits per heavy atom. The van der Waals surface area contributed by atoms with E-state index in [2.05, 4.69) is 42.0 Å². The van der Waals surface area contributed by atoms with Gasteiger partial charge in [-0.2, -0.15) is 0 Å². The zero-order valence-electron chi connectivity index (χ0n) is 9.92. The van der Waals surface area contributed by atoms with E-state index in [-0.39, 0.29) is 0 Å². The summed E-state index contributed by atoms with van der Waals surface area (Å²) in [6.07, 6.45) is 0. The lowest BCUT2D eigenvalue weighted by Gasteiger charge is -2.20. The van der Waals surface area contributed by atoms with Gasteiger partial charge in [0.25, 0.3) is 0 Å². The van der Waals surface area contributed by atoms with Crippen molar-refractivity contribution >= 4 is 11.3 Å². The second-order valence-electron chi connectivity index (χ2n) is 4.27. The number of nitrogens with one attached hydrogen (secondary N) is 2. The van der Waals surface area contributed by atoms with Crippen LogP contribution in [0.1, 0.15) is 18.7 Å². The molecule has 0 aliphatic carbocycles. The molecule has 0 bridgehead atoms. The van der Waals surface area contributed by atoms with Gasteiger partial charge in [0.05, 0.1) is 0 Å². The van der Waals surface area contributed by atoms with Crippen LogP contribution in [-0.2, 0) is 6.54 Å². The first-order valence-corrected chi connectivity index (χ1v) is 6.49. The molecule has 0 saturated carbocycles. The molecule has 1 heterocycles. The first kappa shape index (κ1) is 12.7. The van der Waals surface area contributed by atoms with Crippen LogP contribution in [0, 0.1) is 11.8 Å². The lowest BCUT2D eigenvalue weighted by atomic mass is 9.96. The molecule has 1 unspecified atom stereocenters. The van der Waals surface area contributed by atoms with Crippen LogP contribution in [0.15, 0.2) is 17.5 Å². The first-order chi connectivity index (χ1) is 7.24. The lowest BCUT2D eigenvalue weighted by molar-refractivity contribution is 0.353. The average Bonchev–Trinajstić information content (AvgIpc) is 2.69.